The minimum Gasteiger partial charge on any atom is -0.481 e. The monoisotopic (exact) mass is 341 g/mol. The zero-order valence-corrected chi connectivity index (χ0v) is 14.4. The molecular formula is C19H23N3O3. The molecule has 6 heteroatoms. The molecule has 0 saturated carbocycles. The lowest BCUT2D eigenvalue weighted by molar-refractivity contribution is -0.141. The van der Waals surface area contributed by atoms with Crippen LogP contribution in [-0.2, 0) is 24.2 Å². The Balaban J connectivity index is 1.86. The molecule has 1 heterocycles. The number of nitrogens with zero attached hydrogens (tertiary/aromatic N) is 2. The molecule has 1 amide bonds. The molecule has 6 nitrogen and oxygen atoms in total. The van der Waals surface area contributed by atoms with Crippen LogP contribution in [0.5, 0.6) is 0 Å². The van der Waals surface area contributed by atoms with E-state index in [9.17, 15) is 14.7 Å². The first-order valence-electron chi connectivity index (χ1n) is 8.68. The Kier molecular flexibility index (Phi) is 5.16. The fraction of sp³-hybridized carbons (Fsp3) is 0.421. The van der Waals surface area contributed by atoms with Crippen molar-refractivity contribution < 1.29 is 14.7 Å². The van der Waals surface area contributed by atoms with E-state index in [2.05, 4.69) is 10.2 Å². The molecule has 2 aromatic rings. The van der Waals surface area contributed by atoms with Crippen molar-refractivity contribution in [2.45, 2.75) is 39.2 Å². The summed E-state index contributed by atoms with van der Waals surface area (Å²) >= 11 is 0. The number of fused-ring (bicyclic) bond motifs is 1. The van der Waals surface area contributed by atoms with Crippen LogP contribution in [0.4, 0.5) is 0 Å². The summed E-state index contributed by atoms with van der Waals surface area (Å²) in [5.74, 6) is -1.74. The number of H-pyrrole nitrogens is 1. The van der Waals surface area contributed by atoms with E-state index in [4.69, 9.17) is 0 Å². The van der Waals surface area contributed by atoms with E-state index in [1.807, 2.05) is 30.3 Å². The Labute approximate surface area is 146 Å². The maximum absolute atomic E-state index is 13.1. The van der Waals surface area contributed by atoms with Gasteiger partial charge in [-0.1, -0.05) is 37.3 Å². The number of aromatic nitrogens is 2. The van der Waals surface area contributed by atoms with Gasteiger partial charge in [0.1, 0.15) is 0 Å². The quantitative estimate of drug-likeness (QED) is 0.846. The highest BCUT2D eigenvalue weighted by Gasteiger charge is 2.27. The average molecular weight is 341 g/mol. The van der Waals surface area contributed by atoms with Crippen molar-refractivity contribution in [2.75, 3.05) is 6.54 Å². The molecular weight excluding hydrogens is 318 g/mol. The van der Waals surface area contributed by atoms with Gasteiger partial charge in [0, 0.05) is 24.3 Å². The summed E-state index contributed by atoms with van der Waals surface area (Å²) in [6, 6.07) is 9.61. The first-order chi connectivity index (χ1) is 12.1. The summed E-state index contributed by atoms with van der Waals surface area (Å²) in [4.78, 5) is 26.0. The highest BCUT2D eigenvalue weighted by atomic mass is 16.4. The molecule has 0 aliphatic heterocycles. The number of nitrogens with one attached hydrogen (secondary N) is 1. The van der Waals surface area contributed by atoms with Gasteiger partial charge in [-0.2, -0.15) is 5.10 Å². The molecule has 2 N–H and O–H groups in total. The molecule has 1 aromatic carbocycles. The first-order valence-corrected chi connectivity index (χ1v) is 8.68. The third-order valence-corrected chi connectivity index (χ3v) is 4.68. The Hall–Kier alpha value is -2.63. The summed E-state index contributed by atoms with van der Waals surface area (Å²) in [7, 11) is 0. The second kappa shape index (κ2) is 7.51. The zero-order chi connectivity index (χ0) is 17.8. The Morgan fingerprint density at radius 3 is 2.68 bits per heavy atom. The number of aliphatic carboxylic acids is 1. The number of aromatic amines is 1. The molecule has 1 aliphatic carbocycles. The van der Waals surface area contributed by atoms with Crippen molar-refractivity contribution in [2.24, 2.45) is 5.92 Å². The van der Waals surface area contributed by atoms with Crippen LogP contribution >= 0.6 is 0 Å². The number of rotatable bonds is 6. The predicted molar refractivity (Wildman–Crippen MR) is 93.2 cm³/mol. The van der Waals surface area contributed by atoms with Crippen molar-refractivity contribution in [3.63, 3.8) is 0 Å². The van der Waals surface area contributed by atoms with E-state index < -0.39 is 11.9 Å². The Morgan fingerprint density at radius 1 is 1.24 bits per heavy atom. The molecule has 1 atom stereocenters. The van der Waals surface area contributed by atoms with Crippen LogP contribution in [0.2, 0.25) is 0 Å². The summed E-state index contributed by atoms with van der Waals surface area (Å²) in [5, 5.41) is 16.5. The van der Waals surface area contributed by atoms with Crippen LogP contribution in [0.1, 0.15) is 47.1 Å². The third kappa shape index (κ3) is 3.90. The second-order valence-corrected chi connectivity index (χ2v) is 6.65. The van der Waals surface area contributed by atoms with Gasteiger partial charge < -0.3 is 10.0 Å². The third-order valence-electron chi connectivity index (χ3n) is 4.68. The lowest BCUT2D eigenvalue weighted by atomic mass is 9.95. The highest BCUT2D eigenvalue weighted by Crippen LogP contribution is 2.24. The molecule has 3 rings (SSSR count). The van der Waals surface area contributed by atoms with Crippen LogP contribution < -0.4 is 0 Å². The standard InChI is InChI=1S/C19H23N3O3/c1-13(19(24)25)11-22(12-14-7-3-2-4-8-14)18(23)17-15-9-5-6-10-16(15)20-21-17/h2-4,7-8,13H,5-6,9-12H2,1H3,(H,20,21)(H,24,25)/t13-/m1/s1. The number of carbonyl (C=O) groups is 2. The zero-order valence-electron chi connectivity index (χ0n) is 14.4. The molecule has 0 bridgehead atoms. The molecule has 0 spiro atoms. The van der Waals surface area contributed by atoms with Gasteiger partial charge in [0.05, 0.1) is 5.92 Å². The van der Waals surface area contributed by atoms with Gasteiger partial charge in [-0.25, -0.2) is 0 Å². The summed E-state index contributed by atoms with van der Waals surface area (Å²) in [6.07, 6.45) is 3.92. The van der Waals surface area contributed by atoms with Gasteiger partial charge >= 0.3 is 5.97 Å². The minimum atomic E-state index is -0.907. The first kappa shape index (κ1) is 17.2. The number of carbonyl (C=O) groups excluding carboxylic acids is 1. The van der Waals surface area contributed by atoms with Crippen LogP contribution in [0.15, 0.2) is 30.3 Å². The van der Waals surface area contributed by atoms with E-state index in [0.717, 1.165) is 42.5 Å². The lowest BCUT2D eigenvalue weighted by Gasteiger charge is -2.24. The van der Waals surface area contributed by atoms with Crippen LogP contribution in [-0.4, -0.2) is 38.6 Å². The van der Waals surface area contributed by atoms with Crippen LogP contribution in [0, 0.1) is 5.92 Å². The van der Waals surface area contributed by atoms with Crippen LogP contribution in [0.3, 0.4) is 0 Å². The lowest BCUT2D eigenvalue weighted by Crippen LogP contribution is -2.37. The topological polar surface area (TPSA) is 86.3 Å². The molecule has 25 heavy (non-hydrogen) atoms. The van der Waals surface area contributed by atoms with E-state index in [0.29, 0.717) is 12.2 Å². The number of hydrogen-bond acceptors (Lipinski definition) is 3. The normalized spacial score (nSPS) is 14.6. The van der Waals surface area contributed by atoms with Gasteiger partial charge in [0.15, 0.2) is 5.69 Å². The van der Waals surface area contributed by atoms with Gasteiger partial charge in [-0.3, -0.25) is 14.7 Å². The molecule has 0 unspecified atom stereocenters. The second-order valence-electron chi connectivity index (χ2n) is 6.65. The summed E-state index contributed by atoms with van der Waals surface area (Å²) < 4.78 is 0. The van der Waals surface area contributed by atoms with Crippen molar-refractivity contribution in [3.05, 3.63) is 52.8 Å². The molecule has 0 radical (unpaired) electrons. The largest absolute Gasteiger partial charge is 0.481 e. The molecule has 0 fully saturated rings. The van der Waals surface area contributed by atoms with E-state index in [-0.39, 0.29) is 12.5 Å². The minimum absolute atomic E-state index is 0.157. The number of amides is 1. The highest BCUT2D eigenvalue weighted by molar-refractivity contribution is 5.94. The molecule has 132 valence electrons. The number of hydrogen-bond donors (Lipinski definition) is 2. The van der Waals surface area contributed by atoms with Crippen molar-refractivity contribution in [3.8, 4) is 0 Å². The fourth-order valence-corrected chi connectivity index (χ4v) is 3.24. The summed E-state index contributed by atoms with van der Waals surface area (Å²) in [5.41, 5.74) is 3.46. The maximum atomic E-state index is 13.1. The van der Waals surface area contributed by atoms with E-state index in [1.165, 1.54) is 0 Å². The maximum Gasteiger partial charge on any atom is 0.308 e. The number of carboxylic acid groups (broad SMARTS) is 1. The van der Waals surface area contributed by atoms with E-state index >= 15 is 0 Å². The fourth-order valence-electron chi connectivity index (χ4n) is 3.24. The van der Waals surface area contributed by atoms with E-state index in [1.54, 1.807) is 11.8 Å². The van der Waals surface area contributed by atoms with Gasteiger partial charge in [0.2, 0.25) is 0 Å². The van der Waals surface area contributed by atoms with Crippen molar-refractivity contribution in [1.29, 1.82) is 0 Å². The molecule has 0 saturated heterocycles. The SMILES string of the molecule is C[C@H](CN(Cc1ccccc1)C(=O)c1n[nH]c2c1CCCC2)C(=O)O. The molecule has 1 aliphatic rings. The Morgan fingerprint density at radius 2 is 1.96 bits per heavy atom. The number of carboxylic acids is 1. The smallest absolute Gasteiger partial charge is 0.308 e. The molecule has 1 aromatic heterocycles. The number of benzene rings is 1. The van der Waals surface area contributed by atoms with Gasteiger partial charge in [-0.05, 0) is 31.2 Å². The summed E-state index contributed by atoms with van der Waals surface area (Å²) in [6.45, 7) is 2.15. The van der Waals surface area contributed by atoms with Gasteiger partial charge in [0.25, 0.3) is 5.91 Å². The van der Waals surface area contributed by atoms with Crippen LogP contribution in [0.25, 0.3) is 0 Å². The van der Waals surface area contributed by atoms with Crippen molar-refractivity contribution in [1.82, 2.24) is 15.1 Å². The Bertz CT molecular complexity index is 755. The van der Waals surface area contributed by atoms with Gasteiger partial charge in [-0.15, -0.1) is 0 Å². The number of aryl methyl sites for hydroxylation is 1. The average Bonchev–Trinajstić information content (AvgIpc) is 3.05. The van der Waals surface area contributed by atoms with Crippen molar-refractivity contribution >= 4 is 11.9 Å². The predicted octanol–water partition coefficient (Wildman–Crippen LogP) is 2.65.